The van der Waals surface area contributed by atoms with Crippen LogP contribution in [0.25, 0.3) is 5.57 Å². The molecular weight excluding hydrogens is 300 g/mol. The second-order valence-electron chi connectivity index (χ2n) is 5.66. The van der Waals surface area contributed by atoms with Crippen molar-refractivity contribution in [2.45, 2.75) is 32.1 Å². The number of anilines is 1. The summed E-state index contributed by atoms with van der Waals surface area (Å²) in [6, 6.07) is 11.9. The summed E-state index contributed by atoms with van der Waals surface area (Å²) in [7, 11) is 1.43. The van der Waals surface area contributed by atoms with Gasteiger partial charge in [0, 0.05) is 30.1 Å². The lowest BCUT2D eigenvalue weighted by atomic mass is 9.97. The van der Waals surface area contributed by atoms with Gasteiger partial charge in [-0.1, -0.05) is 30.7 Å². The van der Waals surface area contributed by atoms with Crippen LogP contribution in [0.3, 0.4) is 0 Å². The first-order valence-corrected chi connectivity index (χ1v) is 8.24. The Hall–Kier alpha value is -2.62. The van der Waals surface area contributed by atoms with E-state index in [0.717, 1.165) is 48.1 Å². The molecule has 1 heterocycles. The second-order valence-corrected chi connectivity index (χ2v) is 5.66. The van der Waals surface area contributed by atoms with Gasteiger partial charge in [-0.25, -0.2) is 0 Å². The van der Waals surface area contributed by atoms with Crippen LogP contribution in [0, 0.1) is 0 Å². The summed E-state index contributed by atoms with van der Waals surface area (Å²) in [4.78, 5) is 15.3. The number of nitrogens with zero attached hydrogens (tertiary/aromatic N) is 1. The highest BCUT2D eigenvalue weighted by atomic mass is 16.5. The maximum Gasteiger partial charge on any atom is 0.305 e. The molecule has 4 nitrogen and oxygen atoms in total. The Morgan fingerprint density at radius 1 is 1.17 bits per heavy atom. The Morgan fingerprint density at radius 2 is 2.00 bits per heavy atom. The zero-order chi connectivity index (χ0) is 17.2. The fourth-order valence-corrected chi connectivity index (χ4v) is 2.57. The summed E-state index contributed by atoms with van der Waals surface area (Å²) in [5.74, 6) is -0.138. The molecule has 24 heavy (non-hydrogen) atoms. The number of hydrogen-bond donors (Lipinski definition) is 1. The molecule has 0 spiro atoms. The van der Waals surface area contributed by atoms with Crippen LogP contribution in [0.1, 0.15) is 43.2 Å². The van der Waals surface area contributed by atoms with Crippen molar-refractivity contribution < 1.29 is 9.53 Å². The first-order valence-electron chi connectivity index (χ1n) is 8.24. The summed E-state index contributed by atoms with van der Waals surface area (Å²) in [5.41, 5.74) is 9.99. The molecule has 0 aliphatic rings. The topological polar surface area (TPSA) is 65.2 Å². The van der Waals surface area contributed by atoms with E-state index in [9.17, 15) is 4.79 Å². The van der Waals surface area contributed by atoms with E-state index in [0.29, 0.717) is 6.42 Å². The number of pyridine rings is 1. The highest BCUT2D eigenvalue weighted by Crippen LogP contribution is 2.25. The predicted octanol–water partition coefficient (Wildman–Crippen LogP) is 4.22. The number of aromatic nitrogens is 1. The standard InChI is InChI=1S/C20H24N2O2/c1-24-20(23)12-5-3-2-4-11-19(17-9-7-13-22-15-17)16-8-6-10-18(21)14-16/h6-11,13-15H,2-5,12,21H2,1H3/b19-11-. The lowest BCUT2D eigenvalue weighted by molar-refractivity contribution is -0.140. The van der Waals surface area contributed by atoms with Crippen molar-refractivity contribution in [1.82, 2.24) is 4.98 Å². The molecule has 2 rings (SSSR count). The van der Waals surface area contributed by atoms with Gasteiger partial charge in [-0.05, 0) is 48.6 Å². The third kappa shape index (κ3) is 5.54. The molecule has 0 atom stereocenters. The maximum absolute atomic E-state index is 11.1. The molecule has 126 valence electrons. The van der Waals surface area contributed by atoms with Crippen LogP contribution in [0.15, 0.2) is 54.9 Å². The van der Waals surface area contributed by atoms with E-state index < -0.39 is 0 Å². The van der Waals surface area contributed by atoms with Crippen molar-refractivity contribution >= 4 is 17.2 Å². The van der Waals surface area contributed by atoms with Crippen LogP contribution < -0.4 is 5.73 Å². The van der Waals surface area contributed by atoms with Gasteiger partial charge in [0.15, 0.2) is 0 Å². The zero-order valence-electron chi connectivity index (χ0n) is 14.1. The van der Waals surface area contributed by atoms with Gasteiger partial charge in [0.05, 0.1) is 7.11 Å². The normalized spacial score (nSPS) is 11.3. The smallest absolute Gasteiger partial charge is 0.305 e. The van der Waals surface area contributed by atoms with Crippen LogP contribution in [0.4, 0.5) is 5.69 Å². The number of carbonyl (C=O) groups excluding carboxylic acids is 1. The fraction of sp³-hybridized carbons (Fsp3) is 0.300. The van der Waals surface area contributed by atoms with Gasteiger partial charge in [0.1, 0.15) is 0 Å². The van der Waals surface area contributed by atoms with Crippen LogP contribution in [-0.4, -0.2) is 18.1 Å². The molecule has 4 heteroatoms. The number of benzene rings is 1. The fourth-order valence-electron chi connectivity index (χ4n) is 2.57. The van der Waals surface area contributed by atoms with E-state index in [1.54, 1.807) is 6.20 Å². The summed E-state index contributed by atoms with van der Waals surface area (Å²) in [6.45, 7) is 0. The number of esters is 1. The molecule has 0 unspecified atom stereocenters. The molecule has 0 amide bonds. The van der Waals surface area contributed by atoms with E-state index in [-0.39, 0.29) is 5.97 Å². The summed E-state index contributed by atoms with van der Waals surface area (Å²) in [6.07, 6.45) is 10.2. The van der Waals surface area contributed by atoms with Gasteiger partial charge < -0.3 is 10.5 Å². The minimum Gasteiger partial charge on any atom is -0.469 e. The van der Waals surface area contributed by atoms with Gasteiger partial charge >= 0.3 is 5.97 Å². The second kappa shape index (κ2) is 9.50. The van der Waals surface area contributed by atoms with Crippen molar-refractivity contribution in [1.29, 1.82) is 0 Å². The Labute approximate surface area is 143 Å². The average molecular weight is 324 g/mol. The van der Waals surface area contributed by atoms with E-state index >= 15 is 0 Å². The predicted molar refractivity (Wildman–Crippen MR) is 97.3 cm³/mol. The molecule has 2 aromatic rings. The zero-order valence-corrected chi connectivity index (χ0v) is 14.1. The van der Waals surface area contributed by atoms with E-state index in [1.165, 1.54) is 7.11 Å². The summed E-state index contributed by atoms with van der Waals surface area (Å²) in [5, 5.41) is 0. The molecule has 0 aliphatic heterocycles. The number of ether oxygens (including phenoxy) is 1. The number of methoxy groups -OCH3 is 1. The minimum absolute atomic E-state index is 0.138. The van der Waals surface area contributed by atoms with Crippen molar-refractivity contribution in [2.75, 3.05) is 12.8 Å². The molecule has 0 saturated carbocycles. The lowest BCUT2D eigenvalue weighted by Crippen LogP contribution is -1.99. The number of nitrogens with two attached hydrogens (primary N) is 1. The Balaban J connectivity index is 2.02. The Kier molecular flexibility index (Phi) is 7.02. The highest BCUT2D eigenvalue weighted by Gasteiger charge is 2.05. The number of unbranched alkanes of at least 4 members (excludes halogenated alkanes) is 3. The van der Waals surface area contributed by atoms with Crippen LogP contribution in [-0.2, 0) is 9.53 Å². The number of rotatable bonds is 8. The Morgan fingerprint density at radius 3 is 2.71 bits per heavy atom. The SMILES string of the molecule is COC(=O)CCCCC/C=C(\c1cccnc1)c1cccc(N)c1. The molecule has 0 fully saturated rings. The third-order valence-electron chi connectivity index (χ3n) is 3.83. The largest absolute Gasteiger partial charge is 0.469 e. The minimum atomic E-state index is -0.138. The van der Waals surface area contributed by atoms with Crippen LogP contribution in [0.5, 0.6) is 0 Å². The number of carbonyl (C=O) groups is 1. The van der Waals surface area contributed by atoms with Crippen LogP contribution in [0.2, 0.25) is 0 Å². The highest BCUT2D eigenvalue weighted by molar-refractivity contribution is 5.80. The van der Waals surface area contributed by atoms with Gasteiger partial charge in [-0.2, -0.15) is 0 Å². The molecule has 1 aromatic carbocycles. The number of hydrogen-bond acceptors (Lipinski definition) is 4. The maximum atomic E-state index is 11.1. The van der Waals surface area contributed by atoms with Crippen molar-refractivity contribution in [3.63, 3.8) is 0 Å². The number of allylic oxidation sites excluding steroid dienone is 1. The van der Waals surface area contributed by atoms with Gasteiger partial charge in [0.25, 0.3) is 0 Å². The van der Waals surface area contributed by atoms with Gasteiger partial charge in [0.2, 0.25) is 0 Å². The van der Waals surface area contributed by atoms with E-state index in [2.05, 4.69) is 27.9 Å². The first kappa shape index (κ1) is 17.7. The molecule has 1 aromatic heterocycles. The van der Waals surface area contributed by atoms with Crippen LogP contribution >= 0.6 is 0 Å². The monoisotopic (exact) mass is 324 g/mol. The third-order valence-corrected chi connectivity index (χ3v) is 3.83. The molecule has 0 saturated heterocycles. The van der Waals surface area contributed by atoms with Gasteiger partial charge in [-0.3, -0.25) is 9.78 Å². The van der Waals surface area contributed by atoms with E-state index in [4.69, 9.17) is 5.73 Å². The summed E-state index contributed by atoms with van der Waals surface area (Å²) >= 11 is 0. The number of nitrogen functional groups attached to an aromatic ring is 1. The van der Waals surface area contributed by atoms with Crippen molar-refractivity contribution in [3.05, 3.63) is 66.0 Å². The molecule has 0 radical (unpaired) electrons. The average Bonchev–Trinajstić information content (AvgIpc) is 2.61. The quantitative estimate of drug-likeness (QED) is 0.448. The lowest BCUT2D eigenvalue weighted by Gasteiger charge is -2.09. The van der Waals surface area contributed by atoms with Crippen molar-refractivity contribution in [2.24, 2.45) is 0 Å². The van der Waals surface area contributed by atoms with Crippen molar-refractivity contribution in [3.8, 4) is 0 Å². The molecule has 2 N–H and O–H groups in total. The first-order chi connectivity index (χ1) is 11.7. The summed E-state index contributed by atoms with van der Waals surface area (Å²) < 4.78 is 4.65. The molecular formula is C20H24N2O2. The molecule has 0 aliphatic carbocycles. The van der Waals surface area contributed by atoms with E-state index in [1.807, 2.05) is 30.5 Å². The Bertz CT molecular complexity index is 681. The molecule has 0 bridgehead atoms. The van der Waals surface area contributed by atoms with Gasteiger partial charge in [-0.15, -0.1) is 0 Å².